The summed E-state index contributed by atoms with van der Waals surface area (Å²) in [6.07, 6.45) is 0.0363. The Labute approximate surface area is 181 Å². The predicted molar refractivity (Wildman–Crippen MR) is 120 cm³/mol. The van der Waals surface area contributed by atoms with Crippen molar-refractivity contribution in [3.05, 3.63) is 66.2 Å². The Morgan fingerprint density at radius 3 is 2.50 bits per heavy atom. The van der Waals surface area contributed by atoms with Gasteiger partial charge in [0.1, 0.15) is 5.75 Å². The molecule has 30 heavy (non-hydrogen) atoms. The number of ether oxygens (including phenoxy) is 1. The standard InChI is InChI=1S/C22H24N2O4S2/c1-16(28-18-10-6-3-7-11-18)21(25)23-22-24(13-12-17-8-4-2-5-9-17)19-14-30(26,27)15-20(19)29-22/h2-11,16,19-20H,12-15H2,1H3/t16-,19+,20+/m0/s1. The molecule has 2 fully saturated rings. The fourth-order valence-corrected chi connectivity index (χ4v) is 7.71. The van der Waals surface area contributed by atoms with Gasteiger partial charge in [0.2, 0.25) is 0 Å². The van der Waals surface area contributed by atoms with Crippen LogP contribution < -0.4 is 4.74 Å². The number of carbonyl (C=O) groups excluding carboxylic acids is 1. The van der Waals surface area contributed by atoms with E-state index < -0.39 is 15.9 Å². The number of amides is 1. The Morgan fingerprint density at radius 2 is 1.80 bits per heavy atom. The van der Waals surface area contributed by atoms with Crippen LogP contribution in [0.1, 0.15) is 12.5 Å². The van der Waals surface area contributed by atoms with Crippen LogP contribution in [0.3, 0.4) is 0 Å². The minimum atomic E-state index is -3.06. The quantitative estimate of drug-likeness (QED) is 0.682. The van der Waals surface area contributed by atoms with Crippen LogP contribution in [-0.2, 0) is 21.1 Å². The molecule has 2 aromatic carbocycles. The first-order valence-electron chi connectivity index (χ1n) is 9.93. The highest BCUT2D eigenvalue weighted by Gasteiger charge is 2.48. The van der Waals surface area contributed by atoms with Gasteiger partial charge in [-0.1, -0.05) is 60.3 Å². The van der Waals surface area contributed by atoms with Crippen molar-refractivity contribution < 1.29 is 17.9 Å². The third kappa shape index (κ3) is 4.87. The van der Waals surface area contributed by atoms with Crippen molar-refractivity contribution in [2.45, 2.75) is 30.7 Å². The molecule has 0 bridgehead atoms. The fraction of sp³-hybridized carbons (Fsp3) is 0.364. The van der Waals surface area contributed by atoms with E-state index in [1.807, 2.05) is 53.4 Å². The monoisotopic (exact) mass is 444 g/mol. The normalized spacial score (nSPS) is 24.6. The van der Waals surface area contributed by atoms with Gasteiger partial charge in [-0.15, -0.1) is 0 Å². The molecule has 0 saturated carbocycles. The lowest BCUT2D eigenvalue weighted by molar-refractivity contribution is -0.123. The third-order valence-corrected chi connectivity index (χ3v) is 8.52. The molecule has 2 aliphatic rings. The molecule has 0 spiro atoms. The molecule has 1 amide bonds. The smallest absolute Gasteiger partial charge is 0.288 e. The number of benzene rings is 2. The highest BCUT2D eigenvalue weighted by molar-refractivity contribution is 8.15. The summed E-state index contributed by atoms with van der Waals surface area (Å²) in [6.45, 7) is 2.30. The summed E-state index contributed by atoms with van der Waals surface area (Å²) in [7, 11) is -3.06. The zero-order valence-corrected chi connectivity index (χ0v) is 18.3. The molecule has 3 atom stereocenters. The number of rotatable bonds is 6. The predicted octanol–water partition coefficient (Wildman–Crippen LogP) is 2.79. The lowest BCUT2D eigenvalue weighted by Crippen LogP contribution is -2.39. The topological polar surface area (TPSA) is 76.0 Å². The maximum absolute atomic E-state index is 12.7. The first-order chi connectivity index (χ1) is 14.4. The molecule has 0 aromatic heterocycles. The number of thioether (sulfide) groups is 1. The van der Waals surface area contributed by atoms with Crippen molar-refractivity contribution in [1.82, 2.24) is 4.90 Å². The van der Waals surface area contributed by atoms with Crippen LogP contribution in [0.15, 0.2) is 65.7 Å². The zero-order valence-electron chi connectivity index (χ0n) is 16.7. The number of amidine groups is 1. The van der Waals surface area contributed by atoms with Crippen molar-refractivity contribution in [2.24, 2.45) is 4.99 Å². The maximum Gasteiger partial charge on any atom is 0.288 e. The van der Waals surface area contributed by atoms with Crippen molar-refractivity contribution in [3.8, 4) is 5.75 Å². The maximum atomic E-state index is 12.7. The average molecular weight is 445 g/mol. The molecule has 0 radical (unpaired) electrons. The summed E-state index contributed by atoms with van der Waals surface area (Å²) in [5.41, 5.74) is 1.17. The average Bonchev–Trinajstić information content (AvgIpc) is 3.18. The van der Waals surface area contributed by atoms with E-state index in [9.17, 15) is 13.2 Å². The largest absolute Gasteiger partial charge is 0.481 e. The Kier molecular flexibility index (Phi) is 6.15. The summed E-state index contributed by atoms with van der Waals surface area (Å²) in [4.78, 5) is 19.0. The third-order valence-electron chi connectivity index (χ3n) is 5.27. The summed E-state index contributed by atoms with van der Waals surface area (Å²) < 4.78 is 30.0. The van der Waals surface area contributed by atoms with Crippen LogP contribution >= 0.6 is 11.8 Å². The molecule has 8 heteroatoms. The van der Waals surface area contributed by atoms with Gasteiger partial charge in [0.25, 0.3) is 5.91 Å². The Bertz CT molecular complexity index is 1030. The molecule has 4 rings (SSSR count). The summed E-state index contributed by atoms with van der Waals surface area (Å²) in [5.74, 6) is 0.492. The SMILES string of the molecule is C[C@H](Oc1ccccc1)C(=O)N=C1S[C@@H]2CS(=O)(=O)C[C@H]2N1CCc1ccccc1. The highest BCUT2D eigenvalue weighted by atomic mass is 32.2. The first kappa shape index (κ1) is 20.9. The number of sulfone groups is 1. The van der Waals surface area contributed by atoms with Gasteiger partial charge in [0.15, 0.2) is 21.1 Å². The second-order valence-corrected chi connectivity index (χ2v) is 10.9. The van der Waals surface area contributed by atoms with E-state index in [2.05, 4.69) is 4.99 Å². The van der Waals surface area contributed by atoms with Gasteiger partial charge in [-0.25, -0.2) is 8.42 Å². The minimum Gasteiger partial charge on any atom is -0.481 e. The van der Waals surface area contributed by atoms with E-state index in [4.69, 9.17) is 4.74 Å². The molecule has 0 aliphatic carbocycles. The van der Waals surface area contributed by atoms with Gasteiger partial charge in [0.05, 0.1) is 17.5 Å². The van der Waals surface area contributed by atoms with E-state index in [1.54, 1.807) is 19.1 Å². The number of nitrogens with zero attached hydrogens (tertiary/aromatic N) is 2. The van der Waals surface area contributed by atoms with Crippen LogP contribution in [0.5, 0.6) is 5.75 Å². The summed E-state index contributed by atoms with van der Waals surface area (Å²) in [6, 6.07) is 19.0. The second kappa shape index (κ2) is 8.81. The van der Waals surface area contributed by atoms with E-state index >= 15 is 0 Å². The zero-order chi connectivity index (χ0) is 21.1. The number of para-hydroxylation sites is 1. The minimum absolute atomic E-state index is 0.0809. The van der Waals surface area contributed by atoms with E-state index in [-0.39, 0.29) is 28.7 Å². The molecule has 0 unspecified atom stereocenters. The van der Waals surface area contributed by atoms with Gasteiger partial charge in [-0.2, -0.15) is 4.99 Å². The number of aliphatic imine (C=N–C) groups is 1. The van der Waals surface area contributed by atoms with E-state index in [1.165, 1.54) is 17.3 Å². The molecule has 0 N–H and O–H groups in total. The number of hydrogen-bond donors (Lipinski definition) is 0. The first-order valence-corrected chi connectivity index (χ1v) is 12.6. The summed E-state index contributed by atoms with van der Waals surface area (Å²) in [5, 5.41) is 0.520. The van der Waals surface area contributed by atoms with Gasteiger partial charge >= 0.3 is 0 Å². The Morgan fingerprint density at radius 1 is 1.13 bits per heavy atom. The molecule has 2 heterocycles. The van der Waals surface area contributed by atoms with Gasteiger partial charge in [-0.3, -0.25) is 4.79 Å². The molecule has 158 valence electrons. The van der Waals surface area contributed by atoms with Gasteiger partial charge in [0, 0.05) is 11.8 Å². The van der Waals surface area contributed by atoms with E-state index in [0.29, 0.717) is 17.5 Å². The molecule has 6 nitrogen and oxygen atoms in total. The van der Waals surface area contributed by atoms with Crippen LogP contribution in [0, 0.1) is 0 Å². The van der Waals surface area contributed by atoms with Crippen LogP contribution in [-0.4, -0.2) is 59.8 Å². The summed E-state index contributed by atoms with van der Waals surface area (Å²) >= 11 is 1.40. The van der Waals surface area contributed by atoms with Gasteiger partial charge in [-0.05, 0) is 31.0 Å². The van der Waals surface area contributed by atoms with Crippen molar-refractivity contribution in [2.75, 3.05) is 18.1 Å². The Balaban J connectivity index is 1.50. The Hall–Kier alpha value is -2.32. The van der Waals surface area contributed by atoms with Crippen LogP contribution in [0.25, 0.3) is 0 Å². The molecule has 2 aliphatic heterocycles. The molecular formula is C22H24N2O4S2. The molecular weight excluding hydrogens is 420 g/mol. The number of hydrogen-bond acceptors (Lipinski definition) is 5. The lowest BCUT2D eigenvalue weighted by Gasteiger charge is -2.24. The lowest BCUT2D eigenvalue weighted by atomic mass is 10.1. The molecule has 2 saturated heterocycles. The number of carbonyl (C=O) groups is 1. The molecule has 2 aromatic rings. The highest BCUT2D eigenvalue weighted by Crippen LogP contribution is 2.38. The number of fused-ring (bicyclic) bond motifs is 1. The van der Waals surface area contributed by atoms with Gasteiger partial charge < -0.3 is 9.64 Å². The van der Waals surface area contributed by atoms with Crippen LogP contribution in [0.2, 0.25) is 0 Å². The van der Waals surface area contributed by atoms with Crippen LogP contribution in [0.4, 0.5) is 0 Å². The van der Waals surface area contributed by atoms with E-state index in [0.717, 1.165) is 6.42 Å². The van der Waals surface area contributed by atoms with Crippen molar-refractivity contribution >= 4 is 32.7 Å². The van der Waals surface area contributed by atoms with Crippen molar-refractivity contribution in [1.29, 1.82) is 0 Å². The van der Waals surface area contributed by atoms with Crippen molar-refractivity contribution in [3.63, 3.8) is 0 Å². The second-order valence-electron chi connectivity index (χ2n) is 7.54. The fourth-order valence-electron chi connectivity index (χ4n) is 3.73.